The van der Waals surface area contributed by atoms with Crippen molar-refractivity contribution in [3.63, 3.8) is 0 Å². The Hall–Kier alpha value is -1.54. The van der Waals surface area contributed by atoms with Crippen molar-refractivity contribution in [3.8, 4) is 0 Å². The van der Waals surface area contributed by atoms with Crippen LogP contribution in [0.3, 0.4) is 0 Å². The molecule has 0 spiro atoms. The van der Waals surface area contributed by atoms with Crippen LogP contribution in [-0.2, 0) is 13.1 Å². The summed E-state index contributed by atoms with van der Waals surface area (Å²) in [7, 11) is 0. The molecule has 0 radical (unpaired) electrons. The molecule has 1 aliphatic rings. The molecule has 0 saturated heterocycles. The smallest absolute Gasteiger partial charge is 0.0362 e. The second-order valence-electron chi connectivity index (χ2n) is 4.73. The third kappa shape index (κ3) is 2.59. The number of rotatable bonds is 5. The second kappa shape index (κ2) is 4.76. The summed E-state index contributed by atoms with van der Waals surface area (Å²) in [5, 5.41) is 3.51. The topological polar surface area (TPSA) is 17.0 Å². The summed E-state index contributed by atoms with van der Waals surface area (Å²) in [6.07, 6.45) is 4.90. The molecule has 3 rings (SSSR count). The highest BCUT2D eigenvalue weighted by Gasteiger charge is 2.24. The summed E-state index contributed by atoms with van der Waals surface area (Å²) >= 11 is 0. The first kappa shape index (κ1) is 10.6. The monoisotopic (exact) mass is 226 g/mol. The molecule has 1 heterocycles. The normalized spacial score (nSPS) is 15.1. The molecule has 2 heteroatoms. The van der Waals surface area contributed by atoms with Gasteiger partial charge in [-0.05, 0) is 30.5 Å². The summed E-state index contributed by atoms with van der Waals surface area (Å²) in [5.74, 6) is 0. The number of nitrogens with one attached hydrogen (secondary N) is 1. The van der Waals surface area contributed by atoms with Gasteiger partial charge in [-0.3, -0.25) is 0 Å². The molecule has 2 nitrogen and oxygen atoms in total. The zero-order valence-corrected chi connectivity index (χ0v) is 9.97. The molecule has 0 unspecified atom stereocenters. The van der Waals surface area contributed by atoms with Gasteiger partial charge in [0.1, 0.15) is 0 Å². The van der Waals surface area contributed by atoms with E-state index >= 15 is 0 Å². The molecule has 2 aromatic rings. The predicted octanol–water partition coefficient (Wildman–Crippen LogP) is 3.11. The molecule has 17 heavy (non-hydrogen) atoms. The van der Waals surface area contributed by atoms with E-state index in [-0.39, 0.29) is 0 Å². The zero-order chi connectivity index (χ0) is 11.5. The third-order valence-electron chi connectivity index (χ3n) is 3.29. The second-order valence-corrected chi connectivity index (χ2v) is 4.73. The van der Waals surface area contributed by atoms with E-state index in [1.807, 2.05) is 0 Å². The van der Waals surface area contributed by atoms with Gasteiger partial charge in [0.25, 0.3) is 0 Å². The lowest BCUT2D eigenvalue weighted by Crippen LogP contribution is -2.15. The van der Waals surface area contributed by atoms with Crippen LogP contribution in [0.4, 0.5) is 0 Å². The molecule has 1 saturated carbocycles. The van der Waals surface area contributed by atoms with E-state index in [4.69, 9.17) is 0 Å². The van der Waals surface area contributed by atoms with Gasteiger partial charge >= 0.3 is 0 Å². The van der Waals surface area contributed by atoms with Crippen LogP contribution in [0.2, 0.25) is 0 Å². The van der Waals surface area contributed by atoms with Crippen LogP contribution in [-0.4, -0.2) is 4.57 Å². The Morgan fingerprint density at radius 1 is 1.00 bits per heavy atom. The summed E-state index contributed by atoms with van der Waals surface area (Å²) in [4.78, 5) is 0. The van der Waals surface area contributed by atoms with Crippen molar-refractivity contribution >= 4 is 0 Å². The lowest BCUT2D eigenvalue weighted by molar-refractivity contribution is 0.621. The van der Waals surface area contributed by atoms with Gasteiger partial charge in [-0.15, -0.1) is 0 Å². The van der Waals surface area contributed by atoms with Gasteiger partial charge in [0.2, 0.25) is 0 Å². The molecule has 1 aliphatic carbocycles. The van der Waals surface area contributed by atoms with Crippen molar-refractivity contribution in [2.75, 3.05) is 0 Å². The largest absolute Gasteiger partial charge is 0.347 e. The van der Waals surface area contributed by atoms with E-state index < -0.39 is 0 Å². The highest BCUT2D eigenvalue weighted by molar-refractivity contribution is 5.15. The summed E-state index contributed by atoms with van der Waals surface area (Å²) in [5.41, 5.74) is 2.75. The number of nitrogens with zero attached hydrogens (tertiary/aromatic N) is 1. The van der Waals surface area contributed by atoms with Crippen molar-refractivity contribution < 1.29 is 0 Å². The van der Waals surface area contributed by atoms with E-state index in [0.29, 0.717) is 0 Å². The minimum absolute atomic E-state index is 0.776. The van der Waals surface area contributed by atoms with Crippen LogP contribution in [0.5, 0.6) is 0 Å². The lowest BCUT2D eigenvalue weighted by Gasteiger charge is -2.09. The van der Waals surface area contributed by atoms with Crippen LogP contribution in [0.1, 0.15) is 30.1 Å². The van der Waals surface area contributed by atoms with E-state index in [1.54, 1.807) is 0 Å². The molecule has 1 fully saturated rings. The summed E-state index contributed by atoms with van der Waals surface area (Å²) in [6.45, 7) is 1.90. The SMILES string of the molecule is c1ccc(CNCc2cccn2C2CC2)cc1. The highest BCUT2D eigenvalue weighted by atomic mass is 15.1. The highest BCUT2D eigenvalue weighted by Crippen LogP contribution is 2.35. The minimum Gasteiger partial charge on any atom is -0.347 e. The number of aromatic nitrogens is 1. The maximum absolute atomic E-state index is 3.51. The Kier molecular flexibility index (Phi) is 2.97. The van der Waals surface area contributed by atoms with Gasteiger partial charge in [0, 0.05) is 31.0 Å². The van der Waals surface area contributed by atoms with Gasteiger partial charge in [0.05, 0.1) is 0 Å². The van der Waals surface area contributed by atoms with Gasteiger partial charge in [-0.25, -0.2) is 0 Å². The first-order valence-corrected chi connectivity index (χ1v) is 6.34. The molecule has 0 amide bonds. The van der Waals surface area contributed by atoms with Gasteiger partial charge in [-0.1, -0.05) is 30.3 Å². The van der Waals surface area contributed by atoms with Crippen LogP contribution in [0, 0.1) is 0 Å². The van der Waals surface area contributed by atoms with Crippen LogP contribution in [0.15, 0.2) is 48.7 Å². The molecule has 0 atom stereocenters. The van der Waals surface area contributed by atoms with E-state index in [9.17, 15) is 0 Å². The van der Waals surface area contributed by atoms with E-state index in [0.717, 1.165) is 19.1 Å². The van der Waals surface area contributed by atoms with Crippen molar-refractivity contribution in [2.45, 2.75) is 32.0 Å². The average Bonchev–Trinajstić information content (AvgIpc) is 3.11. The summed E-state index contributed by atoms with van der Waals surface area (Å²) < 4.78 is 2.41. The molecule has 1 aromatic heterocycles. The summed E-state index contributed by atoms with van der Waals surface area (Å²) in [6, 6.07) is 15.7. The Morgan fingerprint density at radius 3 is 2.59 bits per heavy atom. The van der Waals surface area contributed by atoms with E-state index in [1.165, 1.54) is 24.1 Å². The van der Waals surface area contributed by atoms with Gasteiger partial charge < -0.3 is 9.88 Å². The zero-order valence-electron chi connectivity index (χ0n) is 9.97. The first-order valence-electron chi connectivity index (χ1n) is 6.34. The molecule has 1 N–H and O–H groups in total. The molecular weight excluding hydrogens is 208 g/mol. The van der Waals surface area contributed by atoms with E-state index in [2.05, 4.69) is 58.5 Å². The number of hydrogen-bond donors (Lipinski definition) is 1. The fraction of sp³-hybridized carbons (Fsp3) is 0.333. The molecular formula is C15H18N2. The van der Waals surface area contributed by atoms with Crippen LogP contribution < -0.4 is 5.32 Å². The Balaban J connectivity index is 1.55. The van der Waals surface area contributed by atoms with Gasteiger partial charge in [-0.2, -0.15) is 0 Å². The fourth-order valence-electron chi connectivity index (χ4n) is 2.22. The van der Waals surface area contributed by atoms with Crippen molar-refractivity contribution in [1.82, 2.24) is 9.88 Å². The maximum atomic E-state index is 3.51. The van der Waals surface area contributed by atoms with Gasteiger partial charge in [0.15, 0.2) is 0 Å². The standard InChI is InChI=1S/C15H18N2/c1-2-5-13(6-3-1)11-16-12-15-7-4-10-17(15)14-8-9-14/h1-7,10,14,16H,8-9,11-12H2. The Bertz CT molecular complexity index is 469. The molecule has 88 valence electrons. The quantitative estimate of drug-likeness (QED) is 0.829. The average molecular weight is 226 g/mol. The third-order valence-corrected chi connectivity index (χ3v) is 3.29. The van der Waals surface area contributed by atoms with Crippen molar-refractivity contribution in [3.05, 3.63) is 59.9 Å². The molecule has 1 aromatic carbocycles. The van der Waals surface area contributed by atoms with Crippen LogP contribution >= 0.6 is 0 Å². The minimum atomic E-state index is 0.776. The molecule has 0 aliphatic heterocycles. The molecule has 0 bridgehead atoms. The van der Waals surface area contributed by atoms with Crippen molar-refractivity contribution in [2.24, 2.45) is 0 Å². The predicted molar refractivity (Wildman–Crippen MR) is 69.7 cm³/mol. The first-order chi connectivity index (χ1) is 8.43. The van der Waals surface area contributed by atoms with Crippen molar-refractivity contribution in [1.29, 1.82) is 0 Å². The fourth-order valence-corrected chi connectivity index (χ4v) is 2.22. The maximum Gasteiger partial charge on any atom is 0.0362 e. The number of benzene rings is 1. The Morgan fingerprint density at radius 2 is 1.82 bits per heavy atom. The Labute approximate surface area is 102 Å². The number of hydrogen-bond acceptors (Lipinski definition) is 1. The van der Waals surface area contributed by atoms with Crippen LogP contribution in [0.25, 0.3) is 0 Å². The lowest BCUT2D eigenvalue weighted by atomic mass is 10.2.